The molecule has 1 heterocycles. The quantitative estimate of drug-likeness (QED) is 0.395. The van der Waals surface area contributed by atoms with Crippen molar-refractivity contribution in [3.05, 3.63) is 81.8 Å². The number of aromatic nitrogens is 1. The Kier molecular flexibility index (Phi) is 7.15. The predicted octanol–water partition coefficient (Wildman–Crippen LogP) is 3.61. The van der Waals surface area contributed by atoms with Gasteiger partial charge >= 0.3 is 12.0 Å². The number of carbonyl (C=O) groups is 3. The van der Waals surface area contributed by atoms with Gasteiger partial charge in [0.05, 0.1) is 12.5 Å². The molecule has 3 aromatic rings. The fourth-order valence-electron chi connectivity index (χ4n) is 3.56. The third kappa shape index (κ3) is 5.50. The molecule has 0 aliphatic heterocycles. The summed E-state index contributed by atoms with van der Waals surface area (Å²) in [5.74, 6) is -1.54. The van der Waals surface area contributed by atoms with E-state index in [1.54, 1.807) is 49.4 Å². The van der Waals surface area contributed by atoms with Crippen LogP contribution >= 0.6 is 0 Å². The molecule has 0 aliphatic rings. The molecule has 1 unspecified atom stereocenters. The molecule has 0 fully saturated rings. The number of amides is 2. The van der Waals surface area contributed by atoms with Crippen LogP contribution in [0.1, 0.15) is 40.9 Å². The first kappa shape index (κ1) is 24.2. The van der Waals surface area contributed by atoms with Crippen molar-refractivity contribution in [3.63, 3.8) is 0 Å². The highest BCUT2D eigenvalue weighted by Gasteiger charge is 2.21. The van der Waals surface area contributed by atoms with Crippen LogP contribution in [0.5, 0.6) is 5.75 Å². The number of anilines is 1. The van der Waals surface area contributed by atoms with E-state index >= 15 is 0 Å². The van der Waals surface area contributed by atoms with Gasteiger partial charge in [-0.1, -0.05) is 42.5 Å². The Balaban J connectivity index is 1.87. The minimum Gasteiger partial charge on any atom is -0.505 e. The van der Waals surface area contributed by atoms with Gasteiger partial charge in [-0.2, -0.15) is 0 Å². The molecule has 0 spiro atoms. The first-order chi connectivity index (χ1) is 16.1. The van der Waals surface area contributed by atoms with Crippen molar-refractivity contribution >= 4 is 23.5 Å². The standard InChI is InChI=1S/C25H25N3O6/c1-14-13-28(3)24(33)22(23(14)32)27-25(34)26-20(12-21(30)31)19-6-4-5-18(11-19)17-9-7-16(8-10-17)15(2)29/h4-11,13,20,32H,12H2,1-3H3,(H,30,31)(H2,26,27,34). The number of ketones is 1. The number of carboxylic acid groups (broad SMARTS) is 1. The minimum absolute atomic E-state index is 0.0495. The van der Waals surface area contributed by atoms with Crippen LogP contribution < -0.4 is 16.2 Å². The van der Waals surface area contributed by atoms with Crippen molar-refractivity contribution in [3.8, 4) is 16.9 Å². The van der Waals surface area contributed by atoms with Crippen LogP contribution in [0.25, 0.3) is 11.1 Å². The Hall–Kier alpha value is -4.40. The Bertz CT molecular complexity index is 1310. The van der Waals surface area contributed by atoms with Gasteiger partial charge in [-0.05, 0) is 36.6 Å². The number of benzene rings is 2. The maximum absolute atomic E-state index is 12.7. The van der Waals surface area contributed by atoms with E-state index < -0.39 is 30.0 Å². The van der Waals surface area contributed by atoms with Gasteiger partial charge in [0, 0.05) is 24.4 Å². The third-order valence-electron chi connectivity index (χ3n) is 5.37. The highest BCUT2D eigenvalue weighted by atomic mass is 16.4. The van der Waals surface area contributed by atoms with Crippen molar-refractivity contribution < 1.29 is 24.6 Å². The molecule has 9 heteroatoms. The number of nitrogens with one attached hydrogen (secondary N) is 2. The second kappa shape index (κ2) is 10.0. The van der Waals surface area contributed by atoms with E-state index in [-0.39, 0.29) is 17.2 Å². The first-order valence-electron chi connectivity index (χ1n) is 10.5. The highest BCUT2D eigenvalue weighted by Crippen LogP contribution is 2.26. The van der Waals surface area contributed by atoms with E-state index in [1.165, 1.54) is 24.7 Å². The average Bonchev–Trinajstić information content (AvgIpc) is 2.80. The van der Waals surface area contributed by atoms with Crippen molar-refractivity contribution in [2.24, 2.45) is 7.05 Å². The summed E-state index contributed by atoms with van der Waals surface area (Å²) in [6.45, 7) is 3.06. The van der Waals surface area contributed by atoms with E-state index in [9.17, 15) is 29.4 Å². The zero-order valence-electron chi connectivity index (χ0n) is 19.0. The first-order valence-corrected chi connectivity index (χ1v) is 10.5. The fraction of sp³-hybridized carbons (Fsp3) is 0.200. The number of rotatable bonds is 7. The molecular formula is C25H25N3O6. The number of aromatic hydroxyl groups is 1. The molecule has 0 bridgehead atoms. The predicted molar refractivity (Wildman–Crippen MR) is 127 cm³/mol. The Morgan fingerprint density at radius 2 is 1.74 bits per heavy atom. The maximum Gasteiger partial charge on any atom is 0.319 e. The molecule has 1 aromatic heterocycles. The number of aliphatic carboxylic acids is 1. The van der Waals surface area contributed by atoms with Crippen LogP contribution in [0, 0.1) is 6.92 Å². The minimum atomic E-state index is -1.13. The number of carbonyl (C=O) groups excluding carboxylic acids is 2. The summed E-state index contributed by atoms with van der Waals surface area (Å²) >= 11 is 0. The average molecular weight is 463 g/mol. The summed E-state index contributed by atoms with van der Waals surface area (Å²) in [6.07, 6.45) is 1.03. The summed E-state index contributed by atoms with van der Waals surface area (Å²) in [5, 5.41) is 24.5. The molecule has 34 heavy (non-hydrogen) atoms. The second-order valence-electron chi connectivity index (χ2n) is 7.96. The van der Waals surface area contributed by atoms with Gasteiger partial charge in [0.15, 0.2) is 11.5 Å². The monoisotopic (exact) mass is 463 g/mol. The molecule has 0 saturated heterocycles. The number of hydrogen-bond donors (Lipinski definition) is 4. The summed E-state index contributed by atoms with van der Waals surface area (Å²) in [7, 11) is 1.49. The third-order valence-corrected chi connectivity index (χ3v) is 5.37. The Morgan fingerprint density at radius 1 is 1.06 bits per heavy atom. The normalized spacial score (nSPS) is 11.5. The van der Waals surface area contributed by atoms with Gasteiger partial charge in [-0.3, -0.25) is 14.4 Å². The lowest BCUT2D eigenvalue weighted by Gasteiger charge is -2.19. The number of carboxylic acids is 1. The number of aryl methyl sites for hydroxylation is 2. The smallest absolute Gasteiger partial charge is 0.319 e. The fourth-order valence-corrected chi connectivity index (χ4v) is 3.56. The molecule has 176 valence electrons. The largest absolute Gasteiger partial charge is 0.505 e. The van der Waals surface area contributed by atoms with Gasteiger partial charge in [0.2, 0.25) is 0 Å². The summed E-state index contributed by atoms with van der Waals surface area (Å²) in [6, 6.07) is 12.3. The maximum atomic E-state index is 12.7. The van der Waals surface area contributed by atoms with Crippen molar-refractivity contribution in [1.29, 1.82) is 0 Å². The molecule has 2 amide bonds. The summed E-state index contributed by atoms with van der Waals surface area (Å²) in [5.41, 5.74) is 2.19. The van der Waals surface area contributed by atoms with Crippen LogP contribution in [-0.4, -0.2) is 32.6 Å². The lowest BCUT2D eigenvalue weighted by molar-refractivity contribution is -0.137. The van der Waals surface area contributed by atoms with Crippen LogP contribution in [0.2, 0.25) is 0 Å². The number of urea groups is 1. The molecule has 3 rings (SSSR count). The molecule has 0 saturated carbocycles. The summed E-state index contributed by atoms with van der Waals surface area (Å²) in [4.78, 5) is 48.0. The Labute approximate surface area is 195 Å². The molecule has 0 radical (unpaired) electrons. The second-order valence-corrected chi connectivity index (χ2v) is 7.96. The van der Waals surface area contributed by atoms with Gasteiger partial charge in [-0.25, -0.2) is 4.79 Å². The van der Waals surface area contributed by atoms with E-state index in [2.05, 4.69) is 10.6 Å². The molecule has 4 N–H and O–H groups in total. The summed E-state index contributed by atoms with van der Waals surface area (Å²) < 4.78 is 1.22. The number of Topliss-reactive ketones (excluding diaryl/α,β-unsaturated/α-hetero) is 1. The van der Waals surface area contributed by atoms with E-state index in [4.69, 9.17) is 0 Å². The molecular weight excluding hydrogens is 438 g/mol. The van der Waals surface area contributed by atoms with Gasteiger partial charge < -0.3 is 25.4 Å². The topological polar surface area (TPSA) is 138 Å². The van der Waals surface area contributed by atoms with E-state index in [0.717, 1.165) is 11.1 Å². The zero-order valence-corrected chi connectivity index (χ0v) is 19.0. The van der Waals surface area contributed by atoms with E-state index in [1.807, 2.05) is 6.07 Å². The zero-order chi connectivity index (χ0) is 25.0. The van der Waals surface area contributed by atoms with Crippen molar-refractivity contribution in [2.45, 2.75) is 26.3 Å². The lowest BCUT2D eigenvalue weighted by Crippen LogP contribution is -2.36. The van der Waals surface area contributed by atoms with Crippen LogP contribution in [0.4, 0.5) is 10.5 Å². The molecule has 1 atom stereocenters. The SMILES string of the molecule is CC(=O)c1ccc(-c2cccc(C(CC(=O)O)NC(=O)Nc3c(O)c(C)cn(C)c3=O)c2)cc1. The molecule has 9 nitrogen and oxygen atoms in total. The van der Waals surface area contributed by atoms with Crippen molar-refractivity contribution in [1.82, 2.24) is 9.88 Å². The molecule has 2 aromatic carbocycles. The lowest BCUT2D eigenvalue weighted by atomic mass is 9.97. The van der Waals surface area contributed by atoms with Gasteiger partial charge in [0.1, 0.15) is 5.75 Å². The molecule has 0 aliphatic carbocycles. The highest BCUT2D eigenvalue weighted by molar-refractivity contribution is 5.94. The number of nitrogens with zero attached hydrogens (tertiary/aromatic N) is 1. The Morgan fingerprint density at radius 3 is 2.35 bits per heavy atom. The van der Waals surface area contributed by atoms with E-state index in [0.29, 0.717) is 16.7 Å². The van der Waals surface area contributed by atoms with Crippen LogP contribution in [0.15, 0.2) is 59.5 Å². The number of hydrogen-bond acceptors (Lipinski definition) is 5. The van der Waals surface area contributed by atoms with Crippen LogP contribution in [-0.2, 0) is 11.8 Å². The van der Waals surface area contributed by atoms with Crippen molar-refractivity contribution in [2.75, 3.05) is 5.32 Å². The number of pyridine rings is 1. The van der Waals surface area contributed by atoms with Gasteiger partial charge in [-0.15, -0.1) is 0 Å². The van der Waals surface area contributed by atoms with Gasteiger partial charge in [0.25, 0.3) is 5.56 Å². The van der Waals surface area contributed by atoms with Crippen LogP contribution in [0.3, 0.4) is 0 Å².